The van der Waals surface area contributed by atoms with Crippen LogP contribution < -0.4 is 5.56 Å². The number of halogens is 1. The number of para-hydroxylation sites is 1. The van der Waals surface area contributed by atoms with Gasteiger partial charge in [0.05, 0.1) is 5.69 Å². The summed E-state index contributed by atoms with van der Waals surface area (Å²) in [5, 5.41) is 5.35. The van der Waals surface area contributed by atoms with Gasteiger partial charge in [0.2, 0.25) is 5.91 Å². The van der Waals surface area contributed by atoms with E-state index in [9.17, 15) is 14.0 Å². The standard InChI is InChI=1S/C23H19FN4O2/c24-18-7-3-1-6-16(18)21-9-10-22(29)28(26-21)14-23(30)27-12-11-20-17(13-27)15-5-2-4-8-19(15)25-20/h1-10,25H,11-14H2. The molecular formula is C23H19FN4O2. The SMILES string of the molecule is O=C(Cn1nc(-c2ccccc2F)ccc1=O)N1CCc2[nH]c3ccccc3c2C1. The van der Waals surface area contributed by atoms with Gasteiger partial charge in [-0.1, -0.05) is 30.3 Å². The number of H-pyrrole nitrogens is 1. The molecule has 1 N–H and O–H groups in total. The second-order valence-electron chi connectivity index (χ2n) is 7.39. The van der Waals surface area contributed by atoms with Crippen LogP contribution in [0.1, 0.15) is 11.3 Å². The average Bonchev–Trinajstić information content (AvgIpc) is 3.13. The van der Waals surface area contributed by atoms with Gasteiger partial charge in [-0.25, -0.2) is 9.07 Å². The fourth-order valence-electron chi connectivity index (χ4n) is 3.98. The molecule has 2 aromatic carbocycles. The Bertz CT molecular complexity index is 1320. The first-order valence-electron chi connectivity index (χ1n) is 9.79. The number of hydrogen-bond acceptors (Lipinski definition) is 3. The lowest BCUT2D eigenvalue weighted by atomic mass is 10.0. The Balaban J connectivity index is 1.40. The minimum Gasteiger partial charge on any atom is -0.358 e. The molecule has 7 heteroatoms. The summed E-state index contributed by atoms with van der Waals surface area (Å²) in [4.78, 5) is 30.4. The van der Waals surface area contributed by atoms with E-state index in [1.54, 1.807) is 23.1 Å². The zero-order valence-corrected chi connectivity index (χ0v) is 16.1. The number of carbonyl (C=O) groups is 1. The molecule has 0 unspecified atom stereocenters. The van der Waals surface area contributed by atoms with Gasteiger partial charge in [-0.05, 0) is 24.3 Å². The van der Waals surface area contributed by atoms with Gasteiger partial charge in [0, 0.05) is 53.3 Å². The van der Waals surface area contributed by atoms with Crippen molar-refractivity contribution in [1.29, 1.82) is 0 Å². The predicted molar refractivity (Wildman–Crippen MR) is 111 cm³/mol. The number of benzene rings is 2. The lowest BCUT2D eigenvalue weighted by molar-refractivity contribution is -0.133. The van der Waals surface area contributed by atoms with Crippen molar-refractivity contribution in [3.05, 3.63) is 88.1 Å². The lowest BCUT2D eigenvalue weighted by Gasteiger charge is -2.27. The number of amides is 1. The third-order valence-corrected chi connectivity index (χ3v) is 5.54. The van der Waals surface area contributed by atoms with E-state index in [0.29, 0.717) is 24.3 Å². The van der Waals surface area contributed by atoms with Crippen molar-refractivity contribution in [1.82, 2.24) is 19.7 Å². The summed E-state index contributed by atoms with van der Waals surface area (Å²) in [5.74, 6) is -0.615. The highest BCUT2D eigenvalue weighted by atomic mass is 19.1. The van der Waals surface area contributed by atoms with Gasteiger partial charge in [0.25, 0.3) is 5.56 Å². The van der Waals surface area contributed by atoms with Gasteiger partial charge >= 0.3 is 0 Å². The maximum atomic E-state index is 14.1. The number of nitrogens with zero attached hydrogens (tertiary/aromatic N) is 3. The number of carbonyl (C=O) groups excluding carboxylic acids is 1. The number of aromatic amines is 1. The molecule has 4 aromatic rings. The van der Waals surface area contributed by atoms with Crippen LogP contribution in [0, 0.1) is 5.82 Å². The molecule has 1 amide bonds. The van der Waals surface area contributed by atoms with Crippen molar-refractivity contribution >= 4 is 16.8 Å². The van der Waals surface area contributed by atoms with Gasteiger partial charge < -0.3 is 9.88 Å². The van der Waals surface area contributed by atoms with Gasteiger partial charge in [0.1, 0.15) is 12.4 Å². The Labute approximate surface area is 171 Å². The molecule has 3 heterocycles. The van der Waals surface area contributed by atoms with Crippen LogP contribution in [0.3, 0.4) is 0 Å². The van der Waals surface area contributed by atoms with E-state index in [1.165, 1.54) is 18.2 Å². The number of nitrogens with one attached hydrogen (secondary N) is 1. The zero-order chi connectivity index (χ0) is 20.7. The van der Waals surface area contributed by atoms with Crippen LogP contribution in [0.5, 0.6) is 0 Å². The van der Waals surface area contributed by atoms with E-state index in [0.717, 1.165) is 33.3 Å². The molecule has 0 bridgehead atoms. The number of aromatic nitrogens is 3. The van der Waals surface area contributed by atoms with Crippen molar-refractivity contribution in [2.75, 3.05) is 6.54 Å². The molecule has 0 fully saturated rings. The van der Waals surface area contributed by atoms with Crippen LogP contribution in [-0.2, 0) is 24.3 Å². The maximum Gasteiger partial charge on any atom is 0.267 e. The lowest BCUT2D eigenvalue weighted by Crippen LogP contribution is -2.40. The summed E-state index contributed by atoms with van der Waals surface area (Å²) < 4.78 is 15.2. The molecule has 0 spiro atoms. The van der Waals surface area contributed by atoms with Crippen molar-refractivity contribution in [2.24, 2.45) is 0 Å². The predicted octanol–water partition coefficient (Wildman–Crippen LogP) is 3.12. The Kier molecular flexibility index (Phi) is 4.43. The van der Waals surface area contributed by atoms with E-state index in [2.05, 4.69) is 10.1 Å². The quantitative estimate of drug-likeness (QED) is 0.572. The summed E-state index contributed by atoms with van der Waals surface area (Å²) in [7, 11) is 0. The Hall–Kier alpha value is -3.74. The minimum atomic E-state index is -0.426. The zero-order valence-electron chi connectivity index (χ0n) is 16.1. The van der Waals surface area contributed by atoms with E-state index in [1.807, 2.05) is 24.3 Å². The molecule has 2 aromatic heterocycles. The first-order valence-corrected chi connectivity index (χ1v) is 9.79. The van der Waals surface area contributed by atoms with E-state index in [-0.39, 0.29) is 12.5 Å². The highest BCUT2D eigenvalue weighted by molar-refractivity contribution is 5.86. The first kappa shape index (κ1) is 18.3. The van der Waals surface area contributed by atoms with Gasteiger partial charge in [-0.2, -0.15) is 5.10 Å². The number of rotatable bonds is 3. The normalized spacial score (nSPS) is 13.4. The molecule has 0 aliphatic carbocycles. The molecule has 1 aliphatic rings. The van der Waals surface area contributed by atoms with Crippen LogP contribution in [0.15, 0.2) is 65.5 Å². The molecule has 0 saturated carbocycles. The smallest absolute Gasteiger partial charge is 0.267 e. The van der Waals surface area contributed by atoms with Crippen LogP contribution in [0.2, 0.25) is 0 Å². The van der Waals surface area contributed by atoms with E-state index >= 15 is 0 Å². The summed E-state index contributed by atoms with van der Waals surface area (Å²) in [6, 6.07) is 17.0. The number of fused-ring (bicyclic) bond motifs is 3. The second kappa shape index (κ2) is 7.26. The summed E-state index contributed by atoms with van der Waals surface area (Å²) in [6.07, 6.45) is 0.730. The molecule has 6 nitrogen and oxygen atoms in total. The maximum absolute atomic E-state index is 14.1. The van der Waals surface area contributed by atoms with Gasteiger partial charge in [0.15, 0.2) is 0 Å². The molecule has 150 valence electrons. The molecule has 0 saturated heterocycles. The molecule has 30 heavy (non-hydrogen) atoms. The third-order valence-electron chi connectivity index (χ3n) is 5.54. The number of hydrogen-bond donors (Lipinski definition) is 1. The van der Waals surface area contributed by atoms with Crippen molar-refractivity contribution in [3.63, 3.8) is 0 Å². The van der Waals surface area contributed by atoms with Crippen molar-refractivity contribution in [3.8, 4) is 11.3 Å². The molecule has 1 aliphatic heterocycles. The van der Waals surface area contributed by atoms with Gasteiger partial charge in [-0.3, -0.25) is 9.59 Å². The molecular weight excluding hydrogens is 383 g/mol. The fraction of sp³-hybridized carbons (Fsp3) is 0.174. The largest absolute Gasteiger partial charge is 0.358 e. The van der Waals surface area contributed by atoms with Gasteiger partial charge in [-0.15, -0.1) is 0 Å². The second-order valence-corrected chi connectivity index (χ2v) is 7.39. The third kappa shape index (κ3) is 3.18. The van der Waals surface area contributed by atoms with Crippen molar-refractivity contribution in [2.45, 2.75) is 19.5 Å². The molecule has 0 radical (unpaired) electrons. The summed E-state index contributed by atoms with van der Waals surface area (Å²) in [6.45, 7) is 0.874. The Morgan fingerprint density at radius 2 is 1.87 bits per heavy atom. The monoisotopic (exact) mass is 402 g/mol. The average molecular weight is 402 g/mol. The topological polar surface area (TPSA) is 71.0 Å². The van der Waals surface area contributed by atoms with Crippen LogP contribution in [0.25, 0.3) is 22.2 Å². The van der Waals surface area contributed by atoms with Crippen molar-refractivity contribution < 1.29 is 9.18 Å². The molecule has 0 atom stereocenters. The van der Waals surface area contributed by atoms with Crippen LogP contribution in [0.4, 0.5) is 4.39 Å². The van der Waals surface area contributed by atoms with Crippen LogP contribution >= 0.6 is 0 Å². The Morgan fingerprint density at radius 1 is 1.07 bits per heavy atom. The summed E-state index contributed by atoms with van der Waals surface area (Å²) in [5.41, 5.74) is 3.54. The van der Waals surface area contributed by atoms with Crippen LogP contribution in [-0.4, -0.2) is 32.1 Å². The minimum absolute atomic E-state index is 0.182. The van der Waals surface area contributed by atoms with E-state index in [4.69, 9.17) is 0 Å². The molecule has 5 rings (SSSR count). The highest BCUT2D eigenvalue weighted by Crippen LogP contribution is 2.27. The first-order chi connectivity index (χ1) is 14.6. The van der Waals surface area contributed by atoms with E-state index < -0.39 is 11.4 Å². The Morgan fingerprint density at radius 3 is 2.73 bits per heavy atom. The highest BCUT2D eigenvalue weighted by Gasteiger charge is 2.24. The fourth-order valence-corrected chi connectivity index (χ4v) is 3.98. The summed E-state index contributed by atoms with van der Waals surface area (Å²) >= 11 is 0.